The van der Waals surface area contributed by atoms with Gasteiger partial charge in [-0.2, -0.15) is 0 Å². The van der Waals surface area contributed by atoms with Crippen molar-refractivity contribution in [3.05, 3.63) is 52.3 Å². The number of benzene rings is 2. The fourth-order valence-electron chi connectivity index (χ4n) is 1.93. The van der Waals surface area contributed by atoms with Gasteiger partial charge in [0, 0.05) is 16.5 Å². The maximum absolute atomic E-state index is 13.9. The summed E-state index contributed by atoms with van der Waals surface area (Å²) in [6, 6.07) is 9.26. The molecule has 0 radical (unpaired) electrons. The van der Waals surface area contributed by atoms with Crippen molar-refractivity contribution >= 4 is 21.7 Å². The Labute approximate surface area is 119 Å². The lowest BCUT2D eigenvalue weighted by atomic mass is 9.95. The van der Waals surface area contributed by atoms with E-state index in [1.54, 1.807) is 25.1 Å². The van der Waals surface area contributed by atoms with Crippen molar-refractivity contribution in [3.8, 4) is 16.9 Å². The molecule has 0 fully saturated rings. The van der Waals surface area contributed by atoms with E-state index in [4.69, 9.17) is 0 Å². The van der Waals surface area contributed by atoms with Crippen LogP contribution in [-0.4, -0.2) is 10.9 Å². The summed E-state index contributed by atoms with van der Waals surface area (Å²) >= 11 is 3.30. The Morgan fingerprint density at radius 3 is 2.68 bits per heavy atom. The molecule has 2 nitrogen and oxygen atoms in total. The van der Waals surface area contributed by atoms with Gasteiger partial charge in [-0.25, -0.2) is 4.39 Å². The number of carbonyl (C=O) groups excluding carboxylic acids is 1. The summed E-state index contributed by atoms with van der Waals surface area (Å²) in [5.41, 5.74) is 0.870. The molecule has 4 heteroatoms. The molecular formula is C15H12BrFO2. The maximum Gasteiger partial charge on any atom is 0.166 e. The standard InChI is InChI=1S/C15H12BrFO2/c1-2-13(18)15-10(4-3-5-12(15)17)11-8-9(16)6-7-14(11)19/h3-8,19H,2H2,1H3. The zero-order valence-corrected chi connectivity index (χ0v) is 11.9. The number of ketones is 1. The second-order valence-corrected chi connectivity index (χ2v) is 5.02. The monoisotopic (exact) mass is 322 g/mol. The Balaban J connectivity index is 2.72. The second kappa shape index (κ2) is 5.53. The Kier molecular flexibility index (Phi) is 4.00. The molecule has 0 saturated heterocycles. The van der Waals surface area contributed by atoms with Gasteiger partial charge in [0.25, 0.3) is 0 Å². The van der Waals surface area contributed by atoms with Crippen molar-refractivity contribution in [2.45, 2.75) is 13.3 Å². The van der Waals surface area contributed by atoms with Gasteiger partial charge < -0.3 is 5.11 Å². The summed E-state index contributed by atoms with van der Waals surface area (Å²) in [5.74, 6) is -0.838. The lowest BCUT2D eigenvalue weighted by molar-refractivity contribution is 0.0985. The van der Waals surface area contributed by atoms with Crippen LogP contribution >= 0.6 is 15.9 Å². The van der Waals surface area contributed by atoms with Gasteiger partial charge in [0.15, 0.2) is 5.78 Å². The predicted octanol–water partition coefficient (Wildman–Crippen LogP) is 4.55. The Hall–Kier alpha value is -1.68. The van der Waals surface area contributed by atoms with E-state index in [1.165, 1.54) is 18.2 Å². The number of phenolic OH excluding ortho intramolecular Hbond substituents is 1. The van der Waals surface area contributed by atoms with E-state index in [0.717, 1.165) is 4.47 Å². The number of Topliss-reactive ketones (excluding diaryl/α,β-unsaturated/α-hetero) is 1. The summed E-state index contributed by atoms with van der Waals surface area (Å²) in [4.78, 5) is 11.9. The van der Waals surface area contributed by atoms with Crippen molar-refractivity contribution in [3.63, 3.8) is 0 Å². The topological polar surface area (TPSA) is 37.3 Å². The summed E-state index contributed by atoms with van der Waals surface area (Å²) in [7, 11) is 0. The third-order valence-corrected chi connectivity index (χ3v) is 3.36. The predicted molar refractivity (Wildman–Crippen MR) is 75.8 cm³/mol. The average Bonchev–Trinajstić information content (AvgIpc) is 2.40. The highest BCUT2D eigenvalue weighted by Crippen LogP contribution is 2.35. The largest absolute Gasteiger partial charge is 0.507 e. The van der Waals surface area contributed by atoms with Crippen LogP contribution in [0.25, 0.3) is 11.1 Å². The van der Waals surface area contributed by atoms with Crippen LogP contribution in [0.2, 0.25) is 0 Å². The van der Waals surface area contributed by atoms with Gasteiger partial charge in [-0.1, -0.05) is 35.0 Å². The lowest BCUT2D eigenvalue weighted by Gasteiger charge is -2.11. The Bertz CT molecular complexity index is 638. The molecule has 2 aromatic rings. The van der Waals surface area contributed by atoms with E-state index in [2.05, 4.69) is 15.9 Å². The van der Waals surface area contributed by atoms with Gasteiger partial charge in [0.2, 0.25) is 0 Å². The number of aromatic hydroxyl groups is 1. The lowest BCUT2D eigenvalue weighted by Crippen LogP contribution is -2.03. The molecule has 0 heterocycles. The van der Waals surface area contributed by atoms with Crippen LogP contribution in [0.4, 0.5) is 4.39 Å². The van der Waals surface area contributed by atoms with E-state index in [0.29, 0.717) is 11.1 Å². The molecule has 19 heavy (non-hydrogen) atoms. The minimum absolute atomic E-state index is 0.0129. The van der Waals surface area contributed by atoms with Crippen molar-refractivity contribution in [1.29, 1.82) is 0 Å². The van der Waals surface area contributed by atoms with E-state index in [-0.39, 0.29) is 23.5 Å². The number of hydrogen-bond acceptors (Lipinski definition) is 2. The molecule has 1 N–H and O–H groups in total. The number of carbonyl (C=O) groups is 1. The average molecular weight is 323 g/mol. The first-order chi connectivity index (χ1) is 9.04. The molecule has 0 aliphatic heterocycles. The van der Waals surface area contributed by atoms with Gasteiger partial charge >= 0.3 is 0 Å². The minimum Gasteiger partial charge on any atom is -0.507 e. The molecule has 0 aromatic heterocycles. The SMILES string of the molecule is CCC(=O)c1c(F)cccc1-c1cc(Br)ccc1O. The summed E-state index contributed by atoms with van der Waals surface area (Å²) in [6.07, 6.45) is 0.211. The molecule has 0 amide bonds. The van der Waals surface area contributed by atoms with Crippen molar-refractivity contribution in [2.24, 2.45) is 0 Å². The van der Waals surface area contributed by atoms with E-state index >= 15 is 0 Å². The molecule has 0 bridgehead atoms. The fourth-order valence-corrected chi connectivity index (χ4v) is 2.29. The van der Waals surface area contributed by atoms with Crippen LogP contribution in [0.3, 0.4) is 0 Å². The van der Waals surface area contributed by atoms with Crippen LogP contribution in [-0.2, 0) is 0 Å². The molecule has 0 spiro atoms. The normalized spacial score (nSPS) is 10.5. The van der Waals surface area contributed by atoms with E-state index in [9.17, 15) is 14.3 Å². The number of rotatable bonds is 3. The molecular weight excluding hydrogens is 311 g/mol. The first-order valence-electron chi connectivity index (χ1n) is 5.85. The van der Waals surface area contributed by atoms with Gasteiger partial charge in [-0.3, -0.25) is 4.79 Å². The highest BCUT2D eigenvalue weighted by Gasteiger charge is 2.18. The van der Waals surface area contributed by atoms with Crippen molar-refractivity contribution in [2.75, 3.05) is 0 Å². The molecule has 0 aliphatic carbocycles. The van der Waals surface area contributed by atoms with Crippen molar-refractivity contribution < 1.29 is 14.3 Å². The Morgan fingerprint density at radius 2 is 2.00 bits per heavy atom. The van der Waals surface area contributed by atoms with Crippen LogP contribution in [0.5, 0.6) is 5.75 Å². The number of hydrogen-bond donors (Lipinski definition) is 1. The third kappa shape index (κ3) is 2.68. The van der Waals surface area contributed by atoms with Crippen LogP contribution < -0.4 is 0 Å². The van der Waals surface area contributed by atoms with Gasteiger partial charge in [0.05, 0.1) is 5.56 Å². The summed E-state index contributed by atoms with van der Waals surface area (Å²) in [5, 5.41) is 9.90. The van der Waals surface area contributed by atoms with Crippen LogP contribution in [0.1, 0.15) is 23.7 Å². The van der Waals surface area contributed by atoms with E-state index < -0.39 is 5.82 Å². The molecule has 2 aromatic carbocycles. The Morgan fingerprint density at radius 1 is 1.26 bits per heavy atom. The molecule has 0 unspecified atom stereocenters. The maximum atomic E-state index is 13.9. The molecule has 0 aliphatic rings. The molecule has 98 valence electrons. The van der Waals surface area contributed by atoms with Crippen LogP contribution in [0, 0.1) is 5.82 Å². The molecule has 2 rings (SSSR count). The summed E-state index contributed by atoms with van der Waals surface area (Å²) < 4.78 is 14.6. The van der Waals surface area contributed by atoms with Crippen LogP contribution in [0.15, 0.2) is 40.9 Å². The zero-order chi connectivity index (χ0) is 14.0. The first kappa shape index (κ1) is 13.7. The highest BCUT2D eigenvalue weighted by atomic mass is 79.9. The summed E-state index contributed by atoms with van der Waals surface area (Å²) in [6.45, 7) is 1.68. The van der Waals surface area contributed by atoms with E-state index in [1.807, 2.05) is 0 Å². The second-order valence-electron chi connectivity index (χ2n) is 4.10. The van der Waals surface area contributed by atoms with Gasteiger partial charge in [-0.05, 0) is 29.8 Å². The number of halogens is 2. The molecule has 0 saturated carbocycles. The smallest absolute Gasteiger partial charge is 0.166 e. The highest BCUT2D eigenvalue weighted by molar-refractivity contribution is 9.10. The fraction of sp³-hybridized carbons (Fsp3) is 0.133. The minimum atomic E-state index is -0.566. The zero-order valence-electron chi connectivity index (χ0n) is 10.3. The van der Waals surface area contributed by atoms with Gasteiger partial charge in [0.1, 0.15) is 11.6 Å². The van der Waals surface area contributed by atoms with Gasteiger partial charge in [-0.15, -0.1) is 0 Å². The first-order valence-corrected chi connectivity index (χ1v) is 6.64. The number of phenols is 1. The third-order valence-electron chi connectivity index (χ3n) is 2.86. The van der Waals surface area contributed by atoms with Crippen molar-refractivity contribution in [1.82, 2.24) is 0 Å². The molecule has 0 atom stereocenters. The quantitative estimate of drug-likeness (QED) is 0.841.